The number of hydrogen-bond acceptors (Lipinski definition) is 2. The molecule has 0 fully saturated rings. The minimum atomic E-state index is 0.132. The van der Waals surface area contributed by atoms with E-state index in [1.54, 1.807) is 0 Å². The standard InChI is InChI=1S/C27H18OS/c28-27-26-22(16-29-27)24(18-11-5-2-6-12-18)25-20-14-8-7-13-19(20)15-21(25)23(26)17-9-3-1-4-10-17/h1-15,24H,16H2. The number of thioether (sulfide) groups is 1. The van der Waals surface area contributed by atoms with Gasteiger partial charge in [0, 0.05) is 22.8 Å². The van der Waals surface area contributed by atoms with E-state index in [4.69, 9.17) is 0 Å². The fraction of sp³-hybridized carbons (Fsp3) is 0.0741. The van der Waals surface area contributed by atoms with E-state index in [2.05, 4.69) is 84.9 Å². The second-order valence-electron chi connectivity index (χ2n) is 7.62. The highest BCUT2D eigenvalue weighted by atomic mass is 32.2. The predicted octanol–water partition coefficient (Wildman–Crippen LogP) is 4.45. The number of carbonyl (C=O) groups is 1. The number of fused-ring (bicyclic) bond motifs is 2. The molecule has 0 saturated carbocycles. The molecule has 29 heavy (non-hydrogen) atoms. The van der Waals surface area contributed by atoms with Gasteiger partial charge in [0.2, 0.25) is 5.12 Å². The van der Waals surface area contributed by atoms with Crippen LogP contribution in [-0.2, 0) is 4.79 Å². The molecular formula is C27H18OS. The Morgan fingerprint density at radius 1 is 0.759 bits per heavy atom. The van der Waals surface area contributed by atoms with Crippen molar-refractivity contribution in [3.63, 3.8) is 0 Å². The van der Waals surface area contributed by atoms with Crippen molar-refractivity contribution in [1.82, 2.24) is 0 Å². The normalized spacial score (nSPS) is 19.8. The fourth-order valence-corrected chi connectivity index (χ4v) is 5.88. The van der Waals surface area contributed by atoms with Crippen LogP contribution < -0.4 is 10.4 Å². The van der Waals surface area contributed by atoms with Crippen LogP contribution in [0.15, 0.2) is 102 Å². The summed E-state index contributed by atoms with van der Waals surface area (Å²) in [6, 6.07) is 29.7. The molecule has 1 unspecified atom stereocenters. The van der Waals surface area contributed by atoms with E-state index < -0.39 is 0 Å². The van der Waals surface area contributed by atoms with Crippen LogP contribution in [0.2, 0.25) is 0 Å². The second-order valence-corrected chi connectivity index (χ2v) is 8.57. The average Bonchev–Trinajstić information content (AvgIpc) is 3.34. The van der Waals surface area contributed by atoms with Crippen LogP contribution in [0.3, 0.4) is 0 Å². The van der Waals surface area contributed by atoms with E-state index in [9.17, 15) is 4.79 Å². The molecule has 6 rings (SSSR count). The molecule has 1 nitrogen and oxygen atoms in total. The van der Waals surface area contributed by atoms with Gasteiger partial charge in [-0.05, 0) is 44.4 Å². The first-order valence-corrected chi connectivity index (χ1v) is 10.9. The van der Waals surface area contributed by atoms with Crippen LogP contribution in [0.4, 0.5) is 0 Å². The van der Waals surface area contributed by atoms with E-state index in [1.807, 2.05) is 6.07 Å². The molecule has 1 atom stereocenters. The van der Waals surface area contributed by atoms with E-state index in [0.29, 0.717) is 0 Å². The quantitative estimate of drug-likeness (QED) is 0.643. The van der Waals surface area contributed by atoms with Crippen molar-refractivity contribution >= 4 is 34.1 Å². The minimum absolute atomic E-state index is 0.132. The summed E-state index contributed by atoms with van der Waals surface area (Å²) in [4.78, 5) is 13.1. The van der Waals surface area contributed by atoms with Gasteiger partial charge in [0.05, 0.1) is 0 Å². The van der Waals surface area contributed by atoms with Gasteiger partial charge >= 0.3 is 0 Å². The number of benzene rings is 3. The van der Waals surface area contributed by atoms with Gasteiger partial charge in [-0.25, -0.2) is 0 Å². The summed E-state index contributed by atoms with van der Waals surface area (Å²) < 4.78 is 0. The maximum atomic E-state index is 13.1. The van der Waals surface area contributed by atoms with Crippen molar-refractivity contribution in [1.29, 1.82) is 0 Å². The Morgan fingerprint density at radius 3 is 2.24 bits per heavy atom. The summed E-state index contributed by atoms with van der Waals surface area (Å²) in [6.07, 6.45) is 2.28. The minimum Gasteiger partial charge on any atom is -0.282 e. The van der Waals surface area contributed by atoms with Crippen LogP contribution in [-0.4, -0.2) is 10.9 Å². The summed E-state index contributed by atoms with van der Waals surface area (Å²) in [6.45, 7) is 0. The molecule has 1 heterocycles. The first kappa shape index (κ1) is 16.8. The molecule has 0 N–H and O–H groups in total. The lowest BCUT2D eigenvalue weighted by molar-refractivity contribution is -0.107. The Bertz CT molecular complexity index is 1340. The van der Waals surface area contributed by atoms with E-state index in [0.717, 1.165) is 22.5 Å². The highest BCUT2D eigenvalue weighted by Crippen LogP contribution is 2.53. The maximum Gasteiger partial charge on any atom is 0.220 e. The van der Waals surface area contributed by atoms with Crippen molar-refractivity contribution in [3.05, 3.63) is 123 Å². The maximum absolute atomic E-state index is 13.1. The van der Waals surface area contributed by atoms with Crippen LogP contribution in [0.1, 0.15) is 17.0 Å². The van der Waals surface area contributed by atoms with Gasteiger partial charge in [0.25, 0.3) is 0 Å². The molecule has 0 spiro atoms. The van der Waals surface area contributed by atoms with E-state index >= 15 is 0 Å². The van der Waals surface area contributed by atoms with Gasteiger partial charge in [-0.2, -0.15) is 0 Å². The lowest BCUT2D eigenvalue weighted by Gasteiger charge is -2.30. The van der Waals surface area contributed by atoms with Crippen LogP contribution in [0, 0.1) is 0 Å². The summed E-state index contributed by atoms with van der Waals surface area (Å²) in [5.74, 6) is 0.899. The molecule has 2 heteroatoms. The molecule has 3 aromatic rings. The van der Waals surface area contributed by atoms with Crippen LogP contribution >= 0.6 is 11.8 Å². The molecule has 0 radical (unpaired) electrons. The van der Waals surface area contributed by atoms with Crippen molar-refractivity contribution in [2.75, 3.05) is 5.75 Å². The van der Waals surface area contributed by atoms with E-state index in [1.165, 1.54) is 44.5 Å². The van der Waals surface area contributed by atoms with E-state index in [-0.39, 0.29) is 11.0 Å². The van der Waals surface area contributed by atoms with Gasteiger partial charge in [0.1, 0.15) is 0 Å². The number of carbonyl (C=O) groups excluding carboxylic acids is 1. The predicted molar refractivity (Wildman–Crippen MR) is 121 cm³/mol. The third-order valence-corrected chi connectivity index (χ3v) is 7.00. The molecule has 2 aliphatic carbocycles. The van der Waals surface area contributed by atoms with Crippen molar-refractivity contribution < 1.29 is 4.79 Å². The van der Waals surface area contributed by atoms with Crippen molar-refractivity contribution in [3.8, 4) is 0 Å². The lowest BCUT2D eigenvalue weighted by atomic mass is 9.72. The van der Waals surface area contributed by atoms with Crippen molar-refractivity contribution in [2.45, 2.75) is 5.92 Å². The molecular weight excluding hydrogens is 372 g/mol. The summed E-state index contributed by atoms with van der Waals surface area (Å²) in [5, 5.41) is 2.74. The monoisotopic (exact) mass is 390 g/mol. The Labute approximate surface area is 173 Å². The zero-order valence-electron chi connectivity index (χ0n) is 15.8. The molecule has 1 aliphatic heterocycles. The van der Waals surface area contributed by atoms with Gasteiger partial charge in [-0.1, -0.05) is 96.7 Å². The van der Waals surface area contributed by atoms with Gasteiger partial charge in [-0.3, -0.25) is 4.79 Å². The Balaban J connectivity index is 1.76. The Morgan fingerprint density at radius 2 is 1.45 bits per heavy atom. The summed E-state index contributed by atoms with van der Waals surface area (Å²) >= 11 is 1.45. The molecule has 0 bridgehead atoms. The molecule has 0 aromatic heterocycles. The van der Waals surface area contributed by atoms with Gasteiger partial charge in [-0.15, -0.1) is 0 Å². The zero-order chi connectivity index (χ0) is 19.4. The van der Waals surface area contributed by atoms with Gasteiger partial charge < -0.3 is 0 Å². The largest absolute Gasteiger partial charge is 0.282 e. The Kier molecular flexibility index (Phi) is 3.75. The molecule has 3 aliphatic rings. The first-order valence-electron chi connectivity index (χ1n) is 9.89. The molecule has 0 amide bonds. The highest BCUT2D eigenvalue weighted by molar-refractivity contribution is 8.14. The average molecular weight is 391 g/mol. The smallest absolute Gasteiger partial charge is 0.220 e. The molecule has 3 aromatic carbocycles. The first-order chi connectivity index (χ1) is 14.3. The number of hydrogen-bond donors (Lipinski definition) is 0. The van der Waals surface area contributed by atoms with Gasteiger partial charge in [0.15, 0.2) is 0 Å². The topological polar surface area (TPSA) is 17.1 Å². The summed E-state index contributed by atoms with van der Waals surface area (Å²) in [7, 11) is 0. The third kappa shape index (κ3) is 2.46. The highest BCUT2D eigenvalue weighted by Gasteiger charge is 2.41. The lowest BCUT2D eigenvalue weighted by Crippen LogP contribution is -2.25. The van der Waals surface area contributed by atoms with Crippen molar-refractivity contribution in [2.24, 2.45) is 0 Å². The Hall–Kier alpha value is -3.10. The number of allylic oxidation sites excluding steroid dienone is 2. The molecule has 138 valence electrons. The summed E-state index contributed by atoms with van der Waals surface area (Å²) in [5.41, 5.74) is 8.24. The fourth-order valence-electron chi connectivity index (χ4n) is 4.90. The SMILES string of the molecule is O=C1SCC2=C1C(c1ccccc1)=C1C=c3ccccc3=C1C2c1ccccc1. The second kappa shape index (κ2) is 6.47. The number of rotatable bonds is 2. The van der Waals surface area contributed by atoms with Crippen LogP contribution in [0.5, 0.6) is 0 Å². The van der Waals surface area contributed by atoms with Crippen LogP contribution in [0.25, 0.3) is 17.2 Å². The molecule has 0 saturated heterocycles. The zero-order valence-corrected chi connectivity index (χ0v) is 16.6. The third-order valence-electron chi connectivity index (χ3n) is 6.08.